The monoisotopic (exact) mass is 322 g/mol. The fourth-order valence-corrected chi connectivity index (χ4v) is 2.75. The number of Topliss-reactive ketones (excluding diaryl/α,β-unsaturated/α-hetero) is 1. The van der Waals surface area contributed by atoms with Crippen LogP contribution < -0.4 is 10.4 Å². The Morgan fingerprint density at radius 2 is 1.79 bits per heavy atom. The molecule has 3 aromatic rings. The van der Waals surface area contributed by atoms with Crippen molar-refractivity contribution in [2.24, 2.45) is 0 Å². The van der Waals surface area contributed by atoms with Crippen LogP contribution in [0.5, 0.6) is 5.75 Å². The van der Waals surface area contributed by atoms with Crippen LogP contribution in [0, 0.1) is 13.8 Å². The zero-order valence-corrected chi connectivity index (χ0v) is 13.8. The molecule has 0 fully saturated rings. The van der Waals surface area contributed by atoms with E-state index in [-0.39, 0.29) is 5.78 Å². The van der Waals surface area contributed by atoms with Gasteiger partial charge in [-0.2, -0.15) is 0 Å². The Bertz CT molecular complexity index is 955. The topological polar surface area (TPSA) is 56.5 Å². The maximum absolute atomic E-state index is 12.5. The molecule has 1 heterocycles. The molecule has 1 atom stereocenters. The largest absolute Gasteiger partial charge is 0.482 e. The molecular weight excluding hydrogens is 304 g/mol. The smallest absolute Gasteiger partial charge is 0.336 e. The third-order valence-corrected chi connectivity index (χ3v) is 3.88. The van der Waals surface area contributed by atoms with Crippen molar-refractivity contribution in [3.63, 3.8) is 0 Å². The highest BCUT2D eigenvalue weighted by Gasteiger charge is 2.19. The van der Waals surface area contributed by atoms with Gasteiger partial charge in [-0.15, -0.1) is 0 Å². The second-order valence-corrected chi connectivity index (χ2v) is 5.87. The van der Waals surface area contributed by atoms with Crippen molar-refractivity contribution in [3.05, 3.63) is 75.6 Å². The van der Waals surface area contributed by atoms with Crippen molar-refractivity contribution in [2.45, 2.75) is 26.9 Å². The van der Waals surface area contributed by atoms with E-state index >= 15 is 0 Å². The highest BCUT2D eigenvalue weighted by molar-refractivity contribution is 5.99. The first-order chi connectivity index (χ1) is 11.5. The molecule has 0 aliphatic heterocycles. The van der Waals surface area contributed by atoms with Gasteiger partial charge in [-0.1, -0.05) is 30.3 Å². The Hall–Kier alpha value is -2.88. The number of carbonyl (C=O) groups excluding carboxylic acids is 1. The van der Waals surface area contributed by atoms with Gasteiger partial charge in [-0.05, 0) is 44.0 Å². The van der Waals surface area contributed by atoms with Crippen LogP contribution >= 0.6 is 0 Å². The normalized spacial score (nSPS) is 12.1. The van der Waals surface area contributed by atoms with E-state index < -0.39 is 11.7 Å². The summed E-state index contributed by atoms with van der Waals surface area (Å²) in [5.74, 6) is 0.448. The van der Waals surface area contributed by atoms with Crippen molar-refractivity contribution in [1.29, 1.82) is 0 Å². The van der Waals surface area contributed by atoms with Crippen molar-refractivity contribution >= 4 is 16.8 Å². The SMILES string of the molecule is Cc1cc(O[C@@H](C)C(=O)c2ccccc2)c2c(C)cc(=O)oc2c1. The second-order valence-electron chi connectivity index (χ2n) is 5.87. The predicted octanol–water partition coefficient (Wildman–Crippen LogP) is 4.06. The van der Waals surface area contributed by atoms with E-state index in [1.807, 2.05) is 38.1 Å². The van der Waals surface area contributed by atoms with Crippen molar-refractivity contribution in [1.82, 2.24) is 0 Å². The Balaban J connectivity index is 2.01. The maximum Gasteiger partial charge on any atom is 0.336 e. The van der Waals surface area contributed by atoms with Crippen molar-refractivity contribution in [2.75, 3.05) is 0 Å². The summed E-state index contributed by atoms with van der Waals surface area (Å²) in [4.78, 5) is 24.1. The van der Waals surface area contributed by atoms with E-state index in [2.05, 4.69) is 0 Å². The van der Waals surface area contributed by atoms with Crippen LogP contribution in [0.2, 0.25) is 0 Å². The fraction of sp³-hybridized carbons (Fsp3) is 0.200. The average molecular weight is 322 g/mol. The molecule has 4 heteroatoms. The molecule has 122 valence electrons. The van der Waals surface area contributed by atoms with Crippen LogP contribution in [-0.4, -0.2) is 11.9 Å². The highest BCUT2D eigenvalue weighted by atomic mass is 16.5. The van der Waals surface area contributed by atoms with E-state index in [1.165, 1.54) is 6.07 Å². The zero-order valence-electron chi connectivity index (χ0n) is 13.8. The third-order valence-electron chi connectivity index (χ3n) is 3.88. The summed E-state index contributed by atoms with van der Waals surface area (Å²) >= 11 is 0. The van der Waals surface area contributed by atoms with Crippen molar-refractivity contribution in [3.8, 4) is 5.75 Å². The van der Waals surface area contributed by atoms with E-state index in [9.17, 15) is 9.59 Å². The first-order valence-corrected chi connectivity index (χ1v) is 7.77. The third kappa shape index (κ3) is 3.08. The Morgan fingerprint density at radius 1 is 1.08 bits per heavy atom. The Kier molecular flexibility index (Phi) is 4.21. The molecule has 0 radical (unpaired) electrons. The molecule has 3 rings (SSSR count). The number of carbonyl (C=O) groups is 1. The first kappa shape index (κ1) is 16.0. The fourth-order valence-electron chi connectivity index (χ4n) is 2.75. The molecule has 0 aliphatic carbocycles. The molecule has 0 amide bonds. The summed E-state index contributed by atoms with van der Waals surface area (Å²) in [5, 5.41) is 0.716. The lowest BCUT2D eigenvalue weighted by molar-refractivity contribution is 0.0820. The molecule has 0 saturated heterocycles. The number of hydrogen-bond donors (Lipinski definition) is 0. The number of hydrogen-bond acceptors (Lipinski definition) is 4. The quantitative estimate of drug-likeness (QED) is 0.537. The van der Waals surface area contributed by atoms with Gasteiger partial charge in [0.2, 0.25) is 5.78 Å². The molecule has 0 bridgehead atoms. The van der Waals surface area contributed by atoms with Gasteiger partial charge < -0.3 is 9.15 Å². The molecule has 0 spiro atoms. The minimum Gasteiger partial charge on any atom is -0.482 e. The molecule has 24 heavy (non-hydrogen) atoms. The zero-order chi connectivity index (χ0) is 17.3. The van der Waals surface area contributed by atoms with Gasteiger partial charge in [-0.3, -0.25) is 4.79 Å². The summed E-state index contributed by atoms with van der Waals surface area (Å²) in [7, 11) is 0. The van der Waals surface area contributed by atoms with Gasteiger partial charge in [0.25, 0.3) is 0 Å². The lowest BCUT2D eigenvalue weighted by Gasteiger charge is -2.16. The van der Waals surface area contributed by atoms with Crippen molar-refractivity contribution < 1.29 is 13.9 Å². The first-order valence-electron chi connectivity index (χ1n) is 7.77. The highest BCUT2D eigenvalue weighted by Crippen LogP contribution is 2.30. The summed E-state index contributed by atoms with van der Waals surface area (Å²) in [6.45, 7) is 5.43. The van der Waals surface area contributed by atoms with E-state index in [1.54, 1.807) is 25.1 Å². The van der Waals surface area contributed by atoms with E-state index in [4.69, 9.17) is 9.15 Å². The number of benzene rings is 2. The van der Waals surface area contributed by atoms with Gasteiger partial charge in [0, 0.05) is 11.6 Å². The van der Waals surface area contributed by atoms with E-state index in [0.717, 1.165) is 11.1 Å². The molecule has 1 aromatic heterocycles. The van der Waals surface area contributed by atoms with Crippen LogP contribution in [0.1, 0.15) is 28.4 Å². The summed E-state index contributed by atoms with van der Waals surface area (Å²) in [5.41, 5.74) is 2.32. The summed E-state index contributed by atoms with van der Waals surface area (Å²) < 4.78 is 11.2. The van der Waals surface area contributed by atoms with Crippen LogP contribution in [0.25, 0.3) is 11.0 Å². The number of ketones is 1. The van der Waals surface area contributed by atoms with Crippen LogP contribution in [0.15, 0.2) is 57.7 Å². The minimum atomic E-state index is -0.649. The van der Waals surface area contributed by atoms with Gasteiger partial charge >= 0.3 is 5.63 Å². The van der Waals surface area contributed by atoms with Crippen LogP contribution in [0.4, 0.5) is 0 Å². The molecule has 0 saturated carbocycles. The maximum atomic E-state index is 12.5. The van der Waals surface area contributed by atoms with Crippen LogP contribution in [-0.2, 0) is 0 Å². The summed E-state index contributed by atoms with van der Waals surface area (Å²) in [6, 6.07) is 14.1. The lowest BCUT2D eigenvalue weighted by Crippen LogP contribution is -2.24. The summed E-state index contributed by atoms with van der Waals surface area (Å²) in [6.07, 6.45) is -0.649. The average Bonchev–Trinajstić information content (AvgIpc) is 2.53. The van der Waals surface area contributed by atoms with Crippen LogP contribution in [0.3, 0.4) is 0 Å². The molecule has 0 unspecified atom stereocenters. The number of rotatable bonds is 4. The van der Waals surface area contributed by atoms with Gasteiger partial charge in [0.1, 0.15) is 11.3 Å². The number of ether oxygens (including phenoxy) is 1. The predicted molar refractivity (Wildman–Crippen MR) is 92.8 cm³/mol. The number of aryl methyl sites for hydroxylation is 2. The Morgan fingerprint density at radius 3 is 2.50 bits per heavy atom. The minimum absolute atomic E-state index is 0.0970. The molecule has 4 nitrogen and oxygen atoms in total. The van der Waals surface area contributed by atoms with Gasteiger partial charge in [0.15, 0.2) is 6.10 Å². The van der Waals surface area contributed by atoms with E-state index in [0.29, 0.717) is 22.3 Å². The Labute approximate surface area is 139 Å². The van der Waals surface area contributed by atoms with Gasteiger partial charge in [-0.25, -0.2) is 4.79 Å². The number of fused-ring (bicyclic) bond motifs is 1. The molecule has 2 aromatic carbocycles. The molecule has 0 aliphatic rings. The second kappa shape index (κ2) is 6.32. The lowest BCUT2D eigenvalue weighted by atomic mass is 10.1. The standard InChI is InChI=1S/C20H18O4/c1-12-9-16(19-13(2)11-18(21)24-17(19)10-12)23-14(3)20(22)15-7-5-4-6-8-15/h4-11,14H,1-3H3/t14-/m0/s1. The molecule has 0 N–H and O–H groups in total. The molecular formula is C20H18O4. The van der Waals surface area contributed by atoms with Gasteiger partial charge in [0.05, 0.1) is 5.39 Å².